The minimum absolute atomic E-state index is 0.0744. The minimum Gasteiger partial charge on any atom is -0.492 e. The smallest absolute Gasteiger partial charge is 0.240 e. The van der Waals surface area contributed by atoms with Crippen molar-refractivity contribution in [2.45, 2.75) is 25.7 Å². The van der Waals surface area contributed by atoms with Crippen molar-refractivity contribution in [1.29, 1.82) is 0 Å². The van der Waals surface area contributed by atoms with Gasteiger partial charge in [-0.1, -0.05) is 6.07 Å². The average molecular weight is 337 g/mol. The molecule has 2 rings (SSSR count). The van der Waals surface area contributed by atoms with E-state index in [1.54, 1.807) is 6.92 Å². The van der Waals surface area contributed by atoms with Crippen molar-refractivity contribution in [3.63, 3.8) is 0 Å². The summed E-state index contributed by atoms with van der Waals surface area (Å²) in [4.78, 5) is 0.0744. The predicted octanol–water partition coefficient (Wildman–Crippen LogP) is 3.11. The highest BCUT2D eigenvalue weighted by molar-refractivity contribution is 7.89. The maximum absolute atomic E-state index is 13.1. The van der Waals surface area contributed by atoms with E-state index in [2.05, 4.69) is 4.72 Å². The van der Waals surface area contributed by atoms with Crippen molar-refractivity contribution < 1.29 is 17.5 Å². The maximum Gasteiger partial charge on any atom is 0.240 e. The highest BCUT2D eigenvalue weighted by Crippen LogP contribution is 2.17. The number of hydrogen-bond acceptors (Lipinski definition) is 3. The molecule has 0 aromatic heterocycles. The molecule has 1 N–H and O–H groups in total. The van der Waals surface area contributed by atoms with Crippen LogP contribution in [0.4, 0.5) is 4.39 Å². The summed E-state index contributed by atoms with van der Waals surface area (Å²) in [5.41, 5.74) is 2.54. The molecular weight excluding hydrogens is 317 g/mol. The van der Waals surface area contributed by atoms with Gasteiger partial charge in [0.15, 0.2) is 0 Å². The third kappa shape index (κ3) is 4.77. The molecule has 0 saturated carbocycles. The molecule has 0 spiro atoms. The molecule has 6 heteroatoms. The molecule has 0 aliphatic rings. The van der Waals surface area contributed by atoms with Gasteiger partial charge in [-0.05, 0) is 67.8 Å². The van der Waals surface area contributed by atoms with Crippen LogP contribution < -0.4 is 9.46 Å². The number of benzene rings is 2. The maximum atomic E-state index is 13.1. The zero-order valence-corrected chi connectivity index (χ0v) is 14.2. The van der Waals surface area contributed by atoms with Crippen molar-refractivity contribution in [3.05, 3.63) is 58.9 Å². The Hall–Kier alpha value is -1.92. The zero-order chi connectivity index (χ0) is 17.0. The first kappa shape index (κ1) is 17.4. The summed E-state index contributed by atoms with van der Waals surface area (Å²) >= 11 is 0. The van der Waals surface area contributed by atoms with E-state index in [0.717, 1.165) is 17.2 Å². The van der Waals surface area contributed by atoms with Crippen molar-refractivity contribution in [2.24, 2.45) is 0 Å². The lowest BCUT2D eigenvalue weighted by molar-refractivity contribution is 0.322. The first-order valence-electron chi connectivity index (χ1n) is 7.25. The Morgan fingerprint density at radius 3 is 2.30 bits per heavy atom. The summed E-state index contributed by atoms with van der Waals surface area (Å²) in [6, 6.07) is 9.41. The highest BCUT2D eigenvalue weighted by Gasteiger charge is 2.16. The topological polar surface area (TPSA) is 55.4 Å². The normalized spacial score (nSPS) is 11.5. The third-order valence-electron chi connectivity index (χ3n) is 3.28. The van der Waals surface area contributed by atoms with E-state index in [-0.39, 0.29) is 18.0 Å². The van der Waals surface area contributed by atoms with Crippen LogP contribution in [-0.2, 0) is 10.0 Å². The second-order valence-corrected chi connectivity index (χ2v) is 7.21. The Bertz CT molecular complexity index is 783. The Labute approximate surface area is 136 Å². The molecular formula is C17H20FNO3S. The highest BCUT2D eigenvalue weighted by atomic mass is 32.2. The lowest BCUT2D eigenvalue weighted by Crippen LogP contribution is -2.28. The fourth-order valence-corrected chi connectivity index (χ4v) is 3.59. The van der Waals surface area contributed by atoms with Crippen molar-refractivity contribution in [1.82, 2.24) is 4.72 Å². The second-order valence-electron chi connectivity index (χ2n) is 5.48. The number of sulfonamides is 1. The molecule has 0 saturated heterocycles. The number of halogens is 1. The van der Waals surface area contributed by atoms with E-state index in [1.807, 2.05) is 32.0 Å². The van der Waals surface area contributed by atoms with Crippen LogP contribution in [0.1, 0.15) is 16.7 Å². The number of aryl methyl sites for hydroxylation is 3. The van der Waals surface area contributed by atoms with E-state index in [9.17, 15) is 12.8 Å². The summed E-state index contributed by atoms with van der Waals surface area (Å²) in [7, 11) is -3.68. The summed E-state index contributed by atoms with van der Waals surface area (Å²) < 4.78 is 45.5. The molecule has 0 amide bonds. The van der Waals surface area contributed by atoms with Gasteiger partial charge >= 0.3 is 0 Å². The van der Waals surface area contributed by atoms with Crippen molar-refractivity contribution in [3.8, 4) is 5.75 Å². The molecule has 0 heterocycles. The molecule has 0 aliphatic carbocycles. The largest absolute Gasteiger partial charge is 0.492 e. The van der Waals surface area contributed by atoms with Gasteiger partial charge in [0, 0.05) is 6.54 Å². The predicted molar refractivity (Wildman–Crippen MR) is 87.7 cm³/mol. The van der Waals surface area contributed by atoms with Crippen LogP contribution >= 0.6 is 0 Å². The fraction of sp³-hybridized carbons (Fsp3) is 0.294. The van der Waals surface area contributed by atoms with Crippen LogP contribution in [0.15, 0.2) is 41.3 Å². The van der Waals surface area contributed by atoms with Gasteiger partial charge in [0.1, 0.15) is 18.2 Å². The molecule has 2 aromatic carbocycles. The fourth-order valence-electron chi connectivity index (χ4n) is 2.35. The van der Waals surface area contributed by atoms with Gasteiger partial charge in [0.2, 0.25) is 10.0 Å². The molecule has 0 bridgehead atoms. The Morgan fingerprint density at radius 1 is 1.04 bits per heavy atom. The second kappa shape index (κ2) is 7.10. The lowest BCUT2D eigenvalue weighted by atomic mass is 10.1. The molecule has 124 valence electrons. The van der Waals surface area contributed by atoms with E-state index >= 15 is 0 Å². The monoisotopic (exact) mass is 337 g/mol. The summed E-state index contributed by atoms with van der Waals surface area (Å²) in [5.74, 6) is 0.249. The molecule has 4 nitrogen and oxygen atoms in total. The van der Waals surface area contributed by atoms with Crippen LogP contribution in [0.2, 0.25) is 0 Å². The minimum atomic E-state index is -3.68. The first-order chi connectivity index (χ1) is 10.8. The molecule has 0 fully saturated rings. The number of ether oxygens (including phenoxy) is 1. The van der Waals surface area contributed by atoms with Crippen LogP contribution in [0.25, 0.3) is 0 Å². The SMILES string of the molecule is Cc1cc(C)cc(OCCNS(=O)(=O)c2ccc(F)cc2C)c1. The van der Waals surface area contributed by atoms with Gasteiger partial charge < -0.3 is 4.74 Å². The number of hydrogen-bond donors (Lipinski definition) is 1. The summed E-state index contributed by atoms with van der Waals surface area (Å²) in [6.45, 7) is 5.85. The van der Waals surface area contributed by atoms with Gasteiger partial charge in [0.05, 0.1) is 4.90 Å². The number of nitrogens with one attached hydrogen (secondary N) is 1. The molecule has 0 radical (unpaired) electrons. The Morgan fingerprint density at radius 2 is 1.70 bits per heavy atom. The van der Waals surface area contributed by atoms with Crippen LogP contribution in [0.3, 0.4) is 0 Å². The van der Waals surface area contributed by atoms with E-state index < -0.39 is 15.8 Å². The zero-order valence-electron chi connectivity index (χ0n) is 13.4. The van der Waals surface area contributed by atoms with Gasteiger partial charge in [-0.25, -0.2) is 17.5 Å². The number of rotatable bonds is 6. The lowest BCUT2D eigenvalue weighted by Gasteiger charge is -2.11. The Balaban J connectivity index is 1.95. The van der Waals surface area contributed by atoms with Crippen LogP contribution in [0, 0.1) is 26.6 Å². The van der Waals surface area contributed by atoms with Gasteiger partial charge in [0.25, 0.3) is 0 Å². The standard InChI is InChI=1S/C17H20FNO3S/c1-12-8-13(2)10-16(9-12)22-7-6-19-23(20,21)17-5-4-15(18)11-14(17)3/h4-5,8-11,19H,6-7H2,1-3H3. The molecule has 23 heavy (non-hydrogen) atoms. The van der Waals surface area contributed by atoms with Crippen LogP contribution in [-0.4, -0.2) is 21.6 Å². The summed E-state index contributed by atoms with van der Waals surface area (Å²) in [6.07, 6.45) is 0. The van der Waals surface area contributed by atoms with Crippen molar-refractivity contribution in [2.75, 3.05) is 13.2 Å². The van der Waals surface area contributed by atoms with Gasteiger partial charge in [-0.2, -0.15) is 0 Å². The van der Waals surface area contributed by atoms with Crippen LogP contribution in [0.5, 0.6) is 5.75 Å². The molecule has 0 unspecified atom stereocenters. The molecule has 2 aromatic rings. The van der Waals surface area contributed by atoms with E-state index in [4.69, 9.17) is 4.74 Å². The average Bonchev–Trinajstić information content (AvgIpc) is 2.42. The molecule has 0 atom stereocenters. The molecule has 0 aliphatic heterocycles. The third-order valence-corrected chi connectivity index (χ3v) is 4.91. The first-order valence-corrected chi connectivity index (χ1v) is 8.73. The quantitative estimate of drug-likeness (QED) is 0.824. The summed E-state index contributed by atoms with van der Waals surface area (Å²) in [5, 5.41) is 0. The Kier molecular flexibility index (Phi) is 5.38. The van der Waals surface area contributed by atoms with Gasteiger partial charge in [-0.15, -0.1) is 0 Å². The van der Waals surface area contributed by atoms with Gasteiger partial charge in [-0.3, -0.25) is 0 Å². The van der Waals surface area contributed by atoms with Crippen molar-refractivity contribution >= 4 is 10.0 Å². The van der Waals surface area contributed by atoms with E-state index in [0.29, 0.717) is 11.3 Å². The van der Waals surface area contributed by atoms with E-state index in [1.165, 1.54) is 12.1 Å².